The Balaban J connectivity index is 1.38. The van der Waals surface area contributed by atoms with Gasteiger partial charge in [-0.1, -0.05) is 83.9 Å². The van der Waals surface area contributed by atoms with Gasteiger partial charge in [0.2, 0.25) is 0 Å². The zero-order valence-corrected chi connectivity index (χ0v) is 20.0. The Morgan fingerprint density at radius 1 is 0.853 bits per heavy atom. The summed E-state index contributed by atoms with van der Waals surface area (Å²) < 4.78 is 5.98. The van der Waals surface area contributed by atoms with Crippen molar-refractivity contribution < 1.29 is 14.3 Å². The van der Waals surface area contributed by atoms with E-state index in [0.29, 0.717) is 38.6 Å². The van der Waals surface area contributed by atoms with Crippen LogP contribution in [0.3, 0.4) is 0 Å². The van der Waals surface area contributed by atoms with E-state index < -0.39 is 0 Å². The highest BCUT2D eigenvalue weighted by Crippen LogP contribution is 2.39. The number of thioether (sulfide) groups is 1. The predicted molar refractivity (Wildman–Crippen MR) is 140 cm³/mol. The molecule has 0 atom stereocenters. The number of halogens is 2. The van der Waals surface area contributed by atoms with Crippen LogP contribution in [0.25, 0.3) is 16.8 Å². The molecule has 0 aliphatic carbocycles. The zero-order chi connectivity index (χ0) is 23.7. The molecule has 34 heavy (non-hydrogen) atoms. The topological polar surface area (TPSA) is 46.6 Å². The number of amides is 2. The Morgan fingerprint density at radius 2 is 1.53 bits per heavy atom. The molecule has 0 aromatic heterocycles. The lowest BCUT2D eigenvalue weighted by Gasteiger charge is -2.13. The highest BCUT2D eigenvalue weighted by Gasteiger charge is 2.36. The number of hydrogen-bond donors (Lipinski definition) is 0. The van der Waals surface area contributed by atoms with Crippen molar-refractivity contribution in [2.75, 3.05) is 4.90 Å². The number of benzene rings is 4. The van der Waals surface area contributed by atoms with Crippen molar-refractivity contribution in [3.8, 4) is 5.75 Å². The number of para-hydroxylation sites is 1. The Bertz CT molecular complexity index is 1420. The average Bonchev–Trinajstić information content (AvgIpc) is 3.11. The first-order valence-electron chi connectivity index (χ1n) is 10.4. The van der Waals surface area contributed by atoms with Gasteiger partial charge in [0.25, 0.3) is 11.1 Å². The first-order chi connectivity index (χ1) is 16.5. The third-order valence-electron chi connectivity index (χ3n) is 5.38. The number of carbonyl (C=O) groups excluding carboxylic acids is 2. The van der Waals surface area contributed by atoms with Crippen LogP contribution in [-0.4, -0.2) is 11.1 Å². The monoisotopic (exact) mass is 505 g/mol. The zero-order valence-electron chi connectivity index (χ0n) is 17.7. The summed E-state index contributed by atoms with van der Waals surface area (Å²) in [5, 5.41) is 2.51. The summed E-state index contributed by atoms with van der Waals surface area (Å²) in [6, 6.07) is 26.3. The van der Waals surface area contributed by atoms with Gasteiger partial charge in [0, 0.05) is 0 Å². The molecule has 4 nitrogen and oxygen atoms in total. The number of imide groups is 1. The van der Waals surface area contributed by atoms with E-state index in [4.69, 9.17) is 27.9 Å². The number of hydrogen-bond acceptors (Lipinski definition) is 4. The minimum atomic E-state index is -0.385. The molecule has 2 amide bonds. The van der Waals surface area contributed by atoms with E-state index in [-0.39, 0.29) is 11.1 Å². The summed E-state index contributed by atoms with van der Waals surface area (Å²) in [4.78, 5) is 26.7. The molecule has 0 radical (unpaired) electrons. The Hall–Kier alpha value is -3.25. The molecule has 1 saturated heterocycles. The highest BCUT2D eigenvalue weighted by atomic mass is 35.5. The fourth-order valence-corrected chi connectivity index (χ4v) is 5.24. The van der Waals surface area contributed by atoms with Crippen LogP contribution in [0.5, 0.6) is 5.75 Å². The van der Waals surface area contributed by atoms with Gasteiger partial charge < -0.3 is 4.74 Å². The van der Waals surface area contributed by atoms with Gasteiger partial charge in [0.15, 0.2) is 5.75 Å². The minimum absolute atomic E-state index is 0.297. The van der Waals surface area contributed by atoms with Gasteiger partial charge >= 0.3 is 0 Å². The molecule has 4 aromatic rings. The number of carbonyl (C=O) groups is 2. The third kappa shape index (κ3) is 4.42. The molecule has 168 valence electrons. The minimum Gasteiger partial charge on any atom is -0.486 e. The lowest BCUT2D eigenvalue weighted by atomic mass is 10.1. The second-order valence-electron chi connectivity index (χ2n) is 7.59. The lowest BCUT2D eigenvalue weighted by molar-refractivity contribution is -0.113. The van der Waals surface area contributed by atoms with Crippen LogP contribution in [0.15, 0.2) is 89.8 Å². The maximum atomic E-state index is 12.8. The second kappa shape index (κ2) is 9.55. The van der Waals surface area contributed by atoms with Crippen molar-refractivity contribution >= 4 is 68.6 Å². The van der Waals surface area contributed by atoms with Crippen molar-refractivity contribution in [1.29, 1.82) is 0 Å². The van der Waals surface area contributed by atoms with Crippen LogP contribution in [0.4, 0.5) is 10.5 Å². The molecule has 0 bridgehead atoms. The molecule has 1 aliphatic rings. The molecule has 0 unspecified atom stereocenters. The Labute approximate surface area is 210 Å². The van der Waals surface area contributed by atoms with E-state index in [1.165, 1.54) is 0 Å². The molecule has 1 aliphatic heterocycles. The van der Waals surface area contributed by atoms with Crippen LogP contribution in [0, 0.1) is 0 Å². The fraction of sp³-hybridized carbons (Fsp3) is 0.0370. The van der Waals surface area contributed by atoms with E-state index >= 15 is 0 Å². The van der Waals surface area contributed by atoms with Gasteiger partial charge in [-0.2, -0.15) is 0 Å². The van der Waals surface area contributed by atoms with Crippen molar-refractivity contribution in [2.24, 2.45) is 0 Å². The molecule has 0 N–H and O–H groups in total. The van der Waals surface area contributed by atoms with Gasteiger partial charge in [-0.05, 0) is 64.0 Å². The van der Waals surface area contributed by atoms with E-state index in [9.17, 15) is 9.59 Å². The molecular formula is C27H17Cl2NO3S. The van der Waals surface area contributed by atoms with Gasteiger partial charge in [-0.3, -0.25) is 9.59 Å². The van der Waals surface area contributed by atoms with Crippen LogP contribution in [-0.2, 0) is 11.4 Å². The quantitative estimate of drug-likeness (QED) is 0.258. The lowest BCUT2D eigenvalue weighted by Crippen LogP contribution is -2.27. The summed E-state index contributed by atoms with van der Waals surface area (Å²) in [5.41, 5.74) is 2.15. The Morgan fingerprint density at radius 3 is 2.29 bits per heavy atom. The molecule has 4 aromatic carbocycles. The number of rotatable bonds is 5. The summed E-state index contributed by atoms with van der Waals surface area (Å²) >= 11 is 13.8. The van der Waals surface area contributed by atoms with Crippen molar-refractivity contribution in [3.63, 3.8) is 0 Å². The molecule has 1 heterocycles. The molecule has 0 saturated carbocycles. The SMILES string of the molecule is O=C1S/C(=C\c2cc(Cl)c(OCc3cccc4ccccc34)c(Cl)c2)C(=O)N1c1ccccc1. The largest absolute Gasteiger partial charge is 0.486 e. The first kappa shape index (κ1) is 22.5. The summed E-state index contributed by atoms with van der Waals surface area (Å²) in [7, 11) is 0. The average molecular weight is 506 g/mol. The first-order valence-corrected chi connectivity index (χ1v) is 12.0. The second-order valence-corrected chi connectivity index (χ2v) is 9.40. The van der Waals surface area contributed by atoms with Crippen molar-refractivity contribution in [1.82, 2.24) is 0 Å². The van der Waals surface area contributed by atoms with E-state index in [2.05, 4.69) is 0 Å². The number of anilines is 1. The van der Waals surface area contributed by atoms with Gasteiger partial charge in [-0.25, -0.2) is 4.90 Å². The van der Waals surface area contributed by atoms with Crippen molar-refractivity contribution in [3.05, 3.63) is 111 Å². The van der Waals surface area contributed by atoms with Gasteiger partial charge in [0.1, 0.15) is 6.61 Å². The maximum absolute atomic E-state index is 12.8. The van der Waals surface area contributed by atoms with E-state index in [1.807, 2.05) is 48.5 Å². The molecule has 0 spiro atoms. The predicted octanol–water partition coefficient (Wildman–Crippen LogP) is 7.97. The van der Waals surface area contributed by atoms with Crippen LogP contribution >= 0.6 is 35.0 Å². The normalized spacial score (nSPS) is 14.9. The van der Waals surface area contributed by atoms with Crippen LogP contribution < -0.4 is 9.64 Å². The smallest absolute Gasteiger partial charge is 0.298 e. The summed E-state index contributed by atoms with van der Waals surface area (Å²) in [6.07, 6.45) is 1.61. The highest BCUT2D eigenvalue weighted by molar-refractivity contribution is 8.19. The maximum Gasteiger partial charge on any atom is 0.298 e. The number of fused-ring (bicyclic) bond motifs is 1. The van der Waals surface area contributed by atoms with E-state index in [1.54, 1.807) is 42.5 Å². The van der Waals surface area contributed by atoms with Gasteiger partial charge in [-0.15, -0.1) is 0 Å². The molecule has 5 rings (SSSR count). The van der Waals surface area contributed by atoms with Gasteiger partial charge in [0.05, 0.1) is 20.6 Å². The summed E-state index contributed by atoms with van der Waals surface area (Å²) in [6.45, 7) is 0.302. The summed E-state index contributed by atoms with van der Waals surface area (Å²) in [5.74, 6) is -0.0180. The Kier molecular flexibility index (Phi) is 6.33. The third-order valence-corrected chi connectivity index (χ3v) is 6.81. The van der Waals surface area contributed by atoms with E-state index in [0.717, 1.165) is 33.0 Å². The standard InChI is InChI=1S/C27H17Cl2NO3S/c28-22-13-17(15-24-26(31)30(27(32)34-24)20-10-2-1-3-11-20)14-23(29)25(22)33-16-19-9-6-8-18-7-4-5-12-21(18)19/h1-15H,16H2/b24-15-. The fourth-order valence-electron chi connectivity index (χ4n) is 3.79. The van der Waals surface area contributed by atoms with Crippen LogP contribution in [0.2, 0.25) is 10.0 Å². The van der Waals surface area contributed by atoms with Crippen molar-refractivity contribution in [2.45, 2.75) is 6.61 Å². The van der Waals surface area contributed by atoms with Crippen LogP contribution in [0.1, 0.15) is 11.1 Å². The molecule has 1 fully saturated rings. The molecule has 7 heteroatoms. The molecular weight excluding hydrogens is 489 g/mol. The number of nitrogens with zero attached hydrogens (tertiary/aromatic N) is 1. The number of ether oxygens (including phenoxy) is 1.